The van der Waals surface area contributed by atoms with Crippen molar-refractivity contribution < 1.29 is 19.2 Å². The number of benzene rings is 2. The standard InChI is InChI=1S/C20H23ClN2O5/c1-20(2,3)28-19(24)22-17(13-8-10-15(21)11-9-13)18(23(25)26)14-6-5-7-16(12-14)27-4/h5-12,17-18H,1-4H3,(H,22,24)/t17-,18+/m1/s1. The topological polar surface area (TPSA) is 90.7 Å². The first-order chi connectivity index (χ1) is 13.1. The van der Waals surface area contributed by atoms with E-state index in [0.29, 0.717) is 21.9 Å². The quantitative estimate of drug-likeness (QED) is 0.542. The summed E-state index contributed by atoms with van der Waals surface area (Å²) in [5.74, 6) is 0.483. The molecule has 0 spiro atoms. The number of hydrogen-bond acceptors (Lipinski definition) is 5. The van der Waals surface area contributed by atoms with Crippen LogP contribution in [-0.4, -0.2) is 23.7 Å². The van der Waals surface area contributed by atoms with Crippen LogP contribution in [-0.2, 0) is 4.74 Å². The lowest BCUT2D eigenvalue weighted by atomic mass is 9.93. The highest BCUT2D eigenvalue weighted by atomic mass is 35.5. The van der Waals surface area contributed by atoms with E-state index in [4.69, 9.17) is 21.1 Å². The lowest BCUT2D eigenvalue weighted by Crippen LogP contribution is -2.39. The van der Waals surface area contributed by atoms with Gasteiger partial charge in [0.05, 0.1) is 7.11 Å². The Morgan fingerprint density at radius 1 is 1.14 bits per heavy atom. The molecule has 0 radical (unpaired) electrons. The van der Waals surface area contributed by atoms with Gasteiger partial charge in [0.15, 0.2) is 0 Å². The molecule has 2 atom stereocenters. The molecule has 0 heterocycles. The third-order valence-electron chi connectivity index (χ3n) is 3.88. The SMILES string of the molecule is COc1cccc([C@@H]([C@H](NC(=O)OC(C)(C)C)c2ccc(Cl)cc2)[N+](=O)[O-])c1. The maximum absolute atomic E-state index is 12.4. The lowest BCUT2D eigenvalue weighted by Gasteiger charge is -2.26. The first-order valence-electron chi connectivity index (χ1n) is 8.63. The van der Waals surface area contributed by atoms with E-state index in [0.717, 1.165) is 0 Å². The number of methoxy groups -OCH3 is 1. The molecule has 0 saturated carbocycles. The number of alkyl carbamates (subject to hydrolysis) is 1. The molecule has 0 aliphatic heterocycles. The third-order valence-corrected chi connectivity index (χ3v) is 4.13. The van der Waals surface area contributed by atoms with Crippen molar-refractivity contribution >= 4 is 17.7 Å². The largest absolute Gasteiger partial charge is 0.497 e. The molecule has 0 aliphatic rings. The zero-order chi connectivity index (χ0) is 20.9. The highest BCUT2D eigenvalue weighted by molar-refractivity contribution is 6.30. The molecule has 2 aromatic carbocycles. The van der Waals surface area contributed by atoms with Crippen LogP contribution in [0, 0.1) is 10.1 Å². The molecule has 0 aliphatic carbocycles. The van der Waals surface area contributed by atoms with E-state index < -0.39 is 28.7 Å². The second-order valence-electron chi connectivity index (χ2n) is 7.18. The fourth-order valence-corrected chi connectivity index (χ4v) is 2.84. The molecule has 0 aromatic heterocycles. The van der Waals surface area contributed by atoms with Crippen LogP contribution in [0.5, 0.6) is 5.75 Å². The van der Waals surface area contributed by atoms with Gasteiger partial charge in [-0.15, -0.1) is 0 Å². The van der Waals surface area contributed by atoms with Gasteiger partial charge in [0, 0.05) is 15.5 Å². The van der Waals surface area contributed by atoms with Gasteiger partial charge in [-0.2, -0.15) is 0 Å². The molecule has 0 fully saturated rings. The van der Waals surface area contributed by atoms with Crippen LogP contribution in [0.2, 0.25) is 5.02 Å². The maximum Gasteiger partial charge on any atom is 0.408 e. The van der Waals surface area contributed by atoms with E-state index in [9.17, 15) is 14.9 Å². The smallest absolute Gasteiger partial charge is 0.408 e. The number of nitro groups is 1. The van der Waals surface area contributed by atoms with Gasteiger partial charge in [-0.05, 0) is 50.6 Å². The minimum atomic E-state index is -1.26. The van der Waals surface area contributed by atoms with Crippen molar-refractivity contribution in [2.75, 3.05) is 7.11 Å². The first kappa shape index (κ1) is 21.5. The number of amides is 1. The summed E-state index contributed by atoms with van der Waals surface area (Å²) in [6.45, 7) is 5.16. The third kappa shape index (κ3) is 5.85. The van der Waals surface area contributed by atoms with E-state index in [1.54, 1.807) is 69.3 Å². The van der Waals surface area contributed by atoms with Crippen molar-refractivity contribution in [3.8, 4) is 5.75 Å². The van der Waals surface area contributed by atoms with E-state index in [1.165, 1.54) is 7.11 Å². The molecule has 0 saturated heterocycles. The molecule has 28 heavy (non-hydrogen) atoms. The number of ether oxygens (including phenoxy) is 2. The van der Waals surface area contributed by atoms with Gasteiger partial charge < -0.3 is 14.8 Å². The van der Waals surface area contributed by atoms with Crippen molar-refractivity contribution in [2.45, 2.75) is 38.5 Å². The summed E-state index contributed by atoms with van der Waals surface area (Å²) < 4.78 is 10.5. The Morgan fingerprint density at radius 3 is 2.32 bits per heavy atom. The number of carbonyl (C=O) groups is 1. The number of halogens is 1. The van der Waals surface area contributed by atoms with Crippen LogP contribution < -0.4 is 10.1 Å². The minimum absolute atomic E-state index is 0.389. The summed E-state index contributed by atoms with van der Waals surface area (Å²) in [6, 6.07) is 10.8. The van der Waals surface area contributed by atoms with Crippen molar-refractivity contribution in [3.63, 3.8) is 0 Å². The average molecular weight is 407 g/mol. The van der Waals surface area contributed by atoms with Crippen molar-refractivity contribution in [3.05, 3.63) is 74.8 Å². The molecule has 0 bridgehead atoms. The van der Waals surface area contributed by atoms with Crippen molar-refractivity contribution in [1.29, 1.82) is 0 Å². The molecule has 1 N–H and O–H groups in total. The second-order valence-corrected chi connectivity index (χ2v) is 7.62. The number of hydrogen-bond donors (Lipinski definition) is 1. The molecule has 1 amide bonds. The number of nitrogens with zero attached hydrogens (tertiary/aromatic N) is 1. The molecule has 150 valence electrons. The fourth-order valence-electron chi connectivity index (χ4n) is 2.71. The highest BCUT2D eigenvalue weighted by Gasteiger charge is 2.37. The first-order valence-corrected chi connectivity index (χ1v) is 9.01. The van der Waals surface area contributed by atoms with E-state index in [1.807, 2.05) is 0 Å². The fraction of sp³-hybridized carbons (Fsp3) is 0.350. The summed E-state index contributed by atoms with van der Waals surface area (Å²) in [7, 11) is 1.48. The van der Waals surface area contributed by atoms with Crippen LogP contribution in [0.1, 0.15) is 44.0 Å². The number of nitrogens with one attached hydrogen (secondary N) is 1. The summed E-state index contributed by atoms with van der Waals surface area (Å²) >= 11 is 5.95. The van der Waals surface area contributed by atoms with Gasteiger partial charge in [0.25, 0.3) is 6.04 Å². The monoisotopic (exact) mass is 406 g/mol. The number of carbonyl (C=O) groups excluding carboxylic acids is 1. The van der Waals surface area contributed by atoms with E-state index >= 15 is 0 Å². The predicted molar refractivity (Wildman–Crippen MR) is 106 cm³/mol. The van der Waals surface area contributed by atoms with Crippen LogP contribution in [0.25, 0.3) is 0 Å². The van der Waals surface area contributed by atoms with Gasteiger partial charge in [0.1, 0.15) is 17.4 Å². The molecule has 2 aromatic rings. The lowest BCUT2D eigenvalue weighted by molar-refractivity contribution is -0.534. The Morgan fingerprint density at radius 2 is 1.79 bits per heavy atom. The van der Waals surface area contributed by atoms with Gasteiger partial charge >= 0.3 is 6.09 Å². The van der Waals surface area contributed by atoms with Gasteiger partial charge in [0.2, 0.25) is 0 Å². The van der Waals surface area contributed by atoms with Crippen LogP contribution >= 0.6 is 11.6 Å². The zero-order valence-electron chi connectivity index (χ0n) is 16.1. The molecule has 0 unspecified atom stereocenters. The van der Waals surface area contributed by atoms with Crippen molar-refractivity contribution in [1.82, 2.24) is 5.32 Å². The van der Waals surface area contributed by atoms with Gasteiger partial charge in [-0.25, -0.2) is 4.79 Å². The van der Waals surface area contributed by atoms with E-state index in [2.05, 4.69) is 5.32 Å². The zero-order valence-corrected chi connectivity index (χ0v) is 16.9. The predicted octanol–water partition coefficient (Wildman–Crippen LogP) is 4.93. The molecule has 2 rings (SSSR count). The normalized spacial score (nSPS) is 13.3. The maximum atomic E-state index is 12.4. The summed E-state index contributed by atoms with van der Waals surface area (Å²) in [5.41, 5.74) is 0.175. The average Bonchev–Trinajstić information content (AvgIpc) is 2.60. The Balaban J connectivity index is 2.48. The minimum Gasteiger partial charge on any atom is -0.497 e. The van der Waals surface area contributed by atoms with Gasteiger partial charge in [-0.1, -0.05) is 35.9 Å². The molecule has 8 heteroatoms. The number of rotatable bonds is 6. The molecular weight excluding hydrogens is 384 g/mol. The Labute approximate surface area is 168 Å². The Kier molecular flexibility index (Phi) is 6.85. The summed E-state index contributed by atoms with van der Waals surface area (Å²) in [6.07, 6.45) is -0.748. The Hall–Kier alpha value is -2.80. The van der Waals surface area contributed by atoms with E-state index in [-0.39, 0.29) is 0 Å². The van der Waals surface area contributed by atoms with Gasteiger partial charge in [-0.3, -0.25) is 10.1 Å². The Bertz CT molecular complexity index is 833. The van der Waals surface area contributed by atoms with Crippen LogP contribution in [0.4, 0.5) is 4.79 Å². The van der Waals surface area contributed by atoms with Crippen molar-refractivity contribution in [2.24, 2.45) is 0 Å². The second kappa shape index (κ2) is 8.93. The molecular formula is C20H23ClN2O5. The summed E-state index contributed by atoms with van der Waals surface area (Å²) in [5, 5.41) is 15.1. The molecule has 7 nitrogen and oxygen atoms in total. The van der Waals surface area contributed by atoms with Crippen LogP contribution in [0.3, 0.4) is 0 Å². The summed E-state index contributed by atoms with van der Waals surface area (Å²) in [4.78, 5) is 23.9. The van der Waals surface area contributed by atoms with Crippen LogP contribution in [0.15, 0.2) is 48.5 Å². The highest BCUT2D eigenvalue weighted by Crippen LogP contribution is 2.34.